The quantitative estimate of drug-likeness (QED) is 0.472. The second-order valence-corrected chi connectivity index (χ2v) is 5.71. The molecule has 1 aromatic rings. The van der Waals surface area contributed by atoms with Gasteiger partial charge in [-0.15, -0.1) is 0 Å². The van der Waals surface area contributed by atoms with E-state index in [2.05, 4.69) is 15.7 Å². The number of hydrogen-bond acceptors (Lipinski definition) is 6. The summed E-state index contributed by atoms with van der Waals surface area (Å²) in [5, 5.41) is 20.7. The molecule has 22 heavy (non-hydrogen) atoms. The molecule has 9 nitrogen and oxygen atoms in total. The molecule has 1 rings (SSSR count). The highest BCUT2D eigenvalue weighted by molar-refractivity contribution is 5.67. The molecule has 0 spiro atoms. The second kappa shape index (κ2) is 7.10. The molecule has 0 aromatic carbocycles. The number of carbonyl (C=O) groups excluding carboxylic acids is 1. The smallest absolute Gasteiger partial charge is 0.407 e. The molecule has 0 saturated carbocycles. The van der Waals surface area contributed by atoms with E-state index in [1.54, 1.807) is 27.7 Å². The average Bonchev–Trinajstić information content (AvgIpc) is 2.68. The Hall–Kier alpha value is -2.32. The number of aryl methyl sites for hydroxylation is 2. The summed E-state index contributed by atoms with van der Waals surface area (Å²) in [6.07, 6.45) is -0.524. The molecule has 2 N–H and O–H groups in total. The van der Waals surface area contributed by atoms with Crippen LogP contribution in [0.15, 0.2) is 0 Å². The molecule has 0 radical (unpaired) electrons. The summed E-state index contributed by atoms with van der Waals surface area (Å²) in [5.41, 5.74) is -0.248. The van der Waals surface area contributed by atoms with Crippen LogP contribution in [0.25, 0.3) is 0 Å². The first-order valence-electron chi connectivity index (χ1n) is 7.08. The van der Waals surface area contributed by atoms with Crippen molar-refractivity contribution in [2.24, 2.45) is 0 Å². The predicted octanol–water partition coefficient (Wildman–Crippen LogP) is 2.06. The number of ether oxygens (including phenoxy) is 1. The third-order valence-electron chi connectivity index (χ3n) is 2.66. The zero-order valence-electron chi connectivity index (χ0n) is 13.6. The summed E-state index contributed by atoms with van der Waals surface area (Å²) >= 11 is 0. The van der Waals surface area contributed by atoms with Crippen LogP contribution in [0.1, 0.15) is 33.4 Å². The zero-order valence-corrected chi connectivity index (χ0v) is 13.6. The minimum Gasteiger partial charge on any atom is -0.444 e. The summed E-state index contributed by atoms with van der Waals surface area (Å²) in [5.74, 6) is 0.344. The molecule has 0 aliphatic rings. The Balaban J connectivity index is 2.58. The van der Waals surface area contributed by atoms with Gasteiger partial charge in [-0.05, 0) is 34.6 Å². The molecule has 124 valence electrons. The third-order valence-corrected chi connectivity index (χ3v) is 2.66. The minimum atomic E-state index is -0.561. The lowest BCUT2D eigenvalue weighted by atomic mass is 10.2. The van der Waals surface area contributed by atoms with Crippen LogP contribution in [0.3, 0.4) is 0 Å². The van der Waals surface area contributed by atoms with Gasteiger partial charge in [0.05, 0.1) is 4.92 Å². The van der Waals surface area contributed by atoms with Gasteiger partial charge in [-0.1, -0.05) is 0 Å². The van der Waals surface area contributed by atoms with E-state index in [0.717, 1.165) is 0 Å². The Morgan fingerprint density at radius 3 is 2.55 bits per heavy atom. The number of rotatable bonds is 6. The van der Waals surface area contributed by atoms with E-state index in [1.807, 2.05) is 6.92 Å². The average molecular weight is 313 g/mol. The number of nitro groups is 1. The largest absolute Gasteiger partial charge is 0.444 e. The molecule has 9 heteroatoms. The maximum Gasteiger partial charge on any atom is 0.407 e. The van der Waals surface area contributed by atoms with Crippen molar-refractivity contribution in [2.45, 2.75) is 46.8 Å². The number of nitrogens with zero attached hydrogens (tertiary/aromatic N) is 3. The molecule has 1 aromatic heterocycles. The minimum absolute atomic E-state index is 0.0425. The normalized spacial score (nSPS) is 11.1. The van der Waals surface area contributed by atoms with E-state index in [9.17, 15) is 14.9 Å². The highest BCUT2D eigenvalue weighted by Crippen LogP contribution is 2.27. The van der Waals surface area contributed by atoms with Crippen LogP contribution in [0.2, 0.25) is 0 Å². The Labute approximate surface area is 129 Å². The van der Waals surface area contributed by atoms with Gasteiger partial charge in [0.25, 0.3) is 0 Å². The third kappa shape index (κ3) is 4.90. The van der Waals surface area contributed by atoms with Crippen LogP contribution in [0.4, 0.5) is 16.3 Å². The van der Waals surface area contributed by atoms with Crippen LogP contribution < -0.4 is 10.6 Å². The van der Waals surface area contributed by atoms with E-state index < -0.39 is 16.6 Å². The monoisotopic (exact) mass is 313 g/mol. The summed E-state index contributed by atoms with van der Waals surface area (Å²) in [6, 6.07) is 0. The van der Waals surface area contributed by atoms with Crippen LogP contribution in [0, 0.1) is 17.0 Å². The maximum absolute atomic E-state index is 11.5. The van der Waals surface area contributed by atoms with Crippen molar-refractivity contribution in [3.8, 4) is 0 Å². The fourth-order valence-corrected chi connectivity index (χ4v) is 1.85. The van der Waals surface area contributed by atoms with Gasteiger partial charge in [-0.3, -0.25) is 10.1 Å². The Morgan fingerprint density at radius 2 is 2.05 bits per heavy atom. The molecule has 0 unspecified atom stereocenters. The SMILES string of the molecule is CCn1nc(C)c([N+](=O)[O-])c1NCCNC(=O)OC(C)(C)C. The number of anilines is 1. The number of carbonyl (C=O) groups is 1. The van der Waals surface area contributed by atoms with Crippen LogP contribution in [0.5, 0.6) is 0 Å². The zero-order chi connectivity index (χ0) is 16.9. The van der Waals surface area contributed by atoms with Gasteiger partial charge < -0.3 is 15.4 Å². The van der Waals surface area contributed by atoms with Gasteiger partial charge in [-0.2, -0.15) is 5.10 Å². The van der Waals surface area contributed by atoms with Crippen LogP contribution >= 0.6 is 0 Å². The van der Waals surface area contributed by atoms with Crippen molar-refractivity contribution < 1.29 is 14.5 Å². The van der Waals surface area contributed by atoms with Gasteiger partial charge in [0.1, 0.15) is 11.3 Å². The molecule has 0 aliphatic heterocycles. The van der Waals surface area contributed by atoms with Gasteiger partial charge in [0, 0.05) is 19.6 Å². The number of alkyl carbamates (subject to hydrolysis) is 1. The molecule has 0 atom stereocenters. The summed E-state index contributed by atoms with van der Waals surface area (Å²) < 4.78 is 6.63. The molecule has 0 bridgehead atoms. The molecule has 0 aliphatic carbocycles. The Kier molecular flexibility index (Phi) is 5.72. The van der Waals surface area contributed by atoms with E-state index in [-0.39, 0.29) is 12.2 Å². The van der Waals surface area contributed by atoms with Crippen LogP contribution in [-0.4, -0.2) is 39.5 Å². The molecule has 1 amide bonds. The number of hydrogen-bond donors (Lipinski definition) is 2. The fourth-order valence-electron chi connectivity index (χ4n) is 1.85. The number of aromatic nitrogens is 2. The van der Waals surface area contributed by atoms with Gasteiger partial charge >= 0.3 is 11.8 Å². The van der Waals surface area contributed by atoms with Crippen LogP contribution in [-0.2, 0) is 11.3 Å². The molecular weight excluding hydrogens is 290 g/mol. The first-order valence-corrected chi connectivity index (χ1v) is 7.08. The highest BCUT2D eigenvalue weighted by Gasteiger charge is 2.24. The first kappa shape index (κ1) is 17.7. The van der Waals surface area contributed by atoms with E-state index >= 15 is 0 Å². The lowest BCUT2D eigenvalue weighted by Gasteiger charge is -2.19. The second-order valence-electron chi connectivity index (χ2n) is 5.71. The van der Waals surface area contributed by atoms with Crippen molar-refractivity contribution in [1.29, 1.82) is 0 Å². The topological polar surface area (TPSA) is 111 Å². The fraction of sp³-hybridized carbons (Fsp3) is 0.692. The van der Waals surface area contributed by atoms with E-state index in [0.29, 0.717) is 24.6 Å². The Bertz CT molecular complexity index is 547. The molecule has 0 saturated heterocycles. The number of nitrogens with one attached hydrogen (secondary N) is 2. The van der Waals surface area contributed by atoms with Gasteiger partial charge in [-0.25, -0.2) is 9.48 Å². The van der Waals surface area contributed by atoms with Gasteiger partial charge in [0.15, 0.2) is 0 Å². The first-order chi connectivity index (χ1) is 10.2. The predicted molar refractivity (Wildman–Crippen MR) is 82.0 cm³/mol. The van der Waals surface area contributed by atoms with Crippen molar-refractivity contribution >= 4 is 17.6 Å². The lowest BCUT2D eigenvalue weighted by molar-refractivity contribution is -0.384. The van der Waals surface area contributed by atoms with E-state index in [4.69, 9.17) is 4.74 Å². The van der Waals surface area contributed by atoms with Crippen molar-refractivity contribution in [2.75, 3.05) is 18.4 Å². The standard InChI is InChI=1S/C13H23N5O4/c1-6-17-11(10(18(20)21)9(2)16-17)14-7-8-15-12(19)22-13(3,4)5/h14H,6-8H2,1-5H3,(H,15,19). The molecule has 0 fully saturated rings. The summed E-state index contributed by atoms with van der Waals surface area (Å²) in [7, 11) is 0. The van der Waals surface area contributed by atoms with E-state index in [1.165, 1.54) is 4.68 Å². The Morgan fingerprint density at radius 1 is 1.41 bits per heavy atom. The van der Waals surface area contributed by atoms with Crippen molar-refractivity contribution in [3.05, 3.63) is 15.8 Å². The highest BCUT2D eigenvalue weighted by atomic mass is 16.6. The summed E-state index contributed by atoms with van der Waals surface area (Å²) in [6.45, 7) is 9.88. The van der Waals surface area contributed by atoms with Gasteiger partial charge in [0.2, 0.25) is 5.82 Å². The lowest BCUT2D eigenvalue weighted by Crippen LogP contribution is -2.35. The summed E-state index contributed by atoms with van der Waals surface area (Å²) in [4.78, 5) is 22.1. The number of amides is 1. The maximum atomic E-state index is 11.5. The molecular formula is C13H23N5O4. The van der Waals surface area contributed by atoms with Crippen molar-refractivity contribution in [1.82, 2.24) is 15.1 Å². The molecule has 1 heterocycles. The van der Waals surface area contributed by atoms with Crippen molar-refractivity contribution in [3.63, 3.8) is 0 Å².